The molecule has 0 fully saturated rings. The van der Waals surface area contributed by atoms with Crippen molar-refractivity contribution in [3.8, 4) is 5.75 Å². The number of rotatable bonds is 5. The molecule has 17 heavy (non-hydrogen) atoms. The first-order valence-corrected chi connectivity index (χ1v) is 7.04. The predicted molar refractivity (Wildman–Crippen MR) is 73.3 cm³/mol. The highest BCUT2D eigenvalue weighted by molar-refractivity contribution is 9.10. The molecule has 1 aromatic carbocycles. The Morgan fingerprint density at radius 2 is 2.29 bits per heavy atom. The first kappa shape index (κ1) is 12.5. The van der Waals surface area contributed by atoms with Crippen LogP contribution in [0.3, 0.4) is 0 Å². The molecular formula is C12H13BrN2OS. The average molecular weight is 313 g/mol. The number of thiazole rings is 1. The first-order chi connectivity index (χ1) is 8.25. The lowest BCUT2D eigenvalue weighted by molar-refractivity contribution is 0.471. The summed E-state index contributed by atoms with van der Waals surface area (Å²) >= 11 is 4.92. The molecule has 2 rings (SSSR count). The van der Waals surface area contributed by atoms with Gasteiger partial charge < -0.3 is 10.4 Å². The molecule has 0 spiro atoms. The summed E-state index contributed by atoms with van der Waals surface area (Å²) in [7, 11) is 0. The zero-order valence-corrected chi connectivity index (χ0v) is 11.6. The van der Waals surface area contributed by atoms with Gasteiger partial charge in [-0.3, -0.25) is 0 Å². The number of aromatic hydroxyl groups is 1. The smallest absolute Gasteiger partial charge is 0.129 e. The third-order valence-corrected chi connectivity index (χ3v) is 3.65. The zero-order chi connectivity index (χ0) is 12.1. The number of hydrogen-bond donors (Lipinski definition) is 2. The number of hydrogen-bond acceptors (Lipinski definition) is 4. The monoisotopic (exact) mass is 312 g/mol. The molecule has 0 atom stereocenters. The van der Waals surface area contributed by atoms with E-state index in [1.54, 1.807) is 17.4 Å². The van der Waals surface area contributed by atoms with Crippen LogP contribution >= 0.6 is 27.3 Å². The van der Waals surface area contributed by atoms with Crippen molar-refractivity contribution < 1.29 is 5.11 Å². The fraction of sp³-hybridized carbons (Fsp3) is 0.250. The van der Waals surface area contributed by atoms with Gasteiger partial charge in [-0.25, -0.2) is 4.98 Å². The highest BCUT2D eigenvalue weighted by Gasteiger charge is 1.99. The molecule has 3 nitrogen and oxygen atoms in total. The topological polar surface area (TPSA) is 45.1 Å². The van der Waals surface area contributed by atoms with Gasteiger partial charge in [0.15, 0.2) is 0 Å². The molecule has 1 aromatic heterocycles. The van der Waals surface area contributed by atoms with Crippen molar-refractivity contribution in [3.63, 3.8) is 0 Å². The third kappa shape index (κ3) is 3.80. The Kier molecular flexibility index (Phi) is 4.53. The van der Waals surface area contributed by atoms with Gasteiger partial charge in [-0.05, 0) is 33.6 Å². The van der Waals surface area contributed by atoms with Gasteiger partial charge >= 0.3 is 0 Å². The summed E-state index contributed by atoms with van der Waals surface area (Å²) in [6, 6.07) is 5.53. The Hall–Kier alpha value is -0.910. The quantitative estimate of drug-likeness (QED) is 0.834. The van der Waals surface area contributed by atoms with E-state index in [1.165, 1.54) is 0 Å². The molecule has 0 saturated heterocycles. The van der Waals surface area contributed by atoms with Crippen molar-refractivity contribution in [2.45, 2.75) is 13.0 Å². The van der Waals surface area contributed by atoms with E-state index < -0.39 is 0 Å². The molecule has 0 saturated carbocycles. The standard InChI is InChI=1S/C12H13BrN2OS/c13-11-5-9(1-2-12(11)16)6-14-4-3-10-7-17-8-15-10/h1-2,5,7-8,14,16H,3-4,6H2. The van der Waals surface area contributed by atoms with Gasteiger partial charge in [0.2, 0.25) is 0 Å². The Bertz CT molecular complexity index is 473. The van der Waals surface area contributed by atoms with Crippen molar-refractivity contribution in [2.75, 3.05) is 6.54 Å². The Morgan fingerprint density at radius 3 is 3.00 bits per heavy atom. The molecule has 2 aromatic rings. The number of phenols is 1. The highest BCUT2D eigenvalue weighted by Crippen LogP contribution is 2.24. The maximum atomic E-state index is 9.37. The van der Waals surface area contributed by atoms with Crippen molar-refractivity contribution in [2.24, 2.45) is 0 Å². The van der Waals surface area contributed by atoms with Gasteiger partial charge in [-0.1, -0.05) is 6.07 Å². The molecule has 0 unspecified atom stereocenters. The van der Waals surface area contributed by atoms with Crippen LogP contribution in [-0.2, 0) is 13.0 Å². The molecular weight excluding hydrogens is 300 g/mol. The highest BCUT2D eigenvalue weighted by atomic mass is 79.9. The minimum absolute atomic E-state index is 0.274. The van der Waals surface area contributed by atoms with Crippen LogP contribution in [-0.4, -0.2) is 16.6 Å². The van der Waals surface area contributed by atoms with Crippen LogP contribution in [0, 0.1) is 0 Å². The summed E-state index contributed by atoms with van der Waals surface area (Å²) in [5.74, 6) is 0.274. The largest absolute Gasteiger partial charge is 0.507 e. The summed E-state index contributed by atoms with van der Waals surface area (Å²) < 4.78 is 0.733. The fourth-order valence-electron chi connectivity index (χ4n) is 1.47. The Labute approximate surface area is 113 Å². The summed E-state index contributed by atoms with van der Waals surface area (Å²) in [5, 5.41) is 14.8. The molecule has 0 aliphatic rings. The molecule has 0 amide bonds. The second-order valence-electron chi connectivity index (χ2n) is 3.69. The molecule has 2 N–H and O–H groups in total. The molecule has 5 heteroatoms. The lowest BCUT2D eigenvalue weighted by atomic mass is 10.2. The number of benzene rings is 1. The molecule has 90 valence electrons. The molecule has 0 radical (unpaired) electrons. The minimum atomic E-state index is 0.274. The van der Waals surface area contributed by atoms with Crippen LogP contribution in [0.25, 0.3) is 0 Å². The second kappa shape index (κ2) is 6.14. The molecule has 1 heterocycles. The van der Waals surface area contributed by atoms with Gasteiger partial charge in [0.25, 0.3) is 0 Å². The van der Waals surface area contributed by atoms with Crippen LogP contribution in [0.5, 0.6) is 5.75 Å². The number of nitrogens with zero attached hydrogens (tertiary/aromatic N) is 1. The second-order valence-corrected chi connectivity index (χ2v) is 5.27. The number of nitrogens with one attached hydrogen (secondary N) is 1. The van der Waals surface area contributed by atoms with Crippen LogP contribution in [0.4, 0.5) is 0 Å². The normalized spacial score (nSPS) is 10.6. The van der Waals surface area contributed by atoms with E-state index >= 15 is 0 Å². The molecule has 0 bridgehead atoms. The van der Waals surface area contributed by atoms with Gasteiger partial charge in [0.05, 0.1) is 15.7 Å². The molecule has 0 aliphatic heterocycles. The Morgan fingerprint density at radius 1 is 1.41 bits per heavy atom. The summed E-state index contributed by atoms with van der Waals surface area (Å²) in [5.41, 5.74) is 4.13. The lowest BCUT2D eigenvalue weighted by Gasteiger charge is -2.05. The van der Waals surface area contributed by atoms with E-state index in [0.29, 0.717) is 0 Å². The van der Waals surface area contributed by atoms with Crippen molar-refractivity contribution in [1.82, 2.24) is 10.3 Å². The van der Waals surface area contributed by atoms with Crippen LogP contribution in [0.2, 0.25) is 0 Å². The van der Waals surface area contributed by atoms with E-state index in [2.05, 4.69) is 31.6 Å². The van der Waals surface area contributed by atoms with E-state index in [1.807, 2.05) is 17.6 Å². The predicted octanol–water partition coefficient (Wildman–Crippen LogP) is 2.94. The minimum Gasteiger partial charge on any atom is -0.507 e. The zero-order valence-electron chi connectivity index (χ0n) is 9.19. The van der Waals surface area contributed by atoms with E-state index in [0.717, 1.165) is 35.2 Å². The number of phenolic OH excluding ortho intramolecular Hbond substituents is 1. The maximum absolute atomic E-state index is 9.37. The van der Waals surface area contributed by atoms with E-state index in [4.69, 9.17) is 0 Å². The van der Waals surface area contributed by atoms with Crippen LogP contribution in [0.1, 0.15) is 11.3 Å². The number of halogens is 1. The first-order valence-electron chi connectivity index (χ1n) is 5.31. The third-order valence-electron chi connectivity index (χ3n) is 2.38. The van der Waals surface area contributed by atoms with Gasteiger partial charge in [0, 0.05) is 24.9 Å². The maximum Gasteiger partial charge on any atom is 0.129 e. The summed E-state index contributed by atoms with van der Waals surface area (Å²) in [6.45, 7) is 1.70. The van der Waals surface area contributed by atoms with Gasteiger partial charge in [-0.15, -0.1) is 11.3 Å². The van der Waals surface area contributed by atoms with Crippen LogP contribution in [0.15, 0.2) is 33.6 Å². The van der Waals surface area contributed by atoms with Crippen molar-refractivity contribution in [1.29, 1.82) is 0 Å². The summed E-state index contributed by atoms with van der Waals surface area (Å²) in [6.07, 6.45) is 0.947. The van der Waals surface area contributed by atoms with Crippen molar-refractivity contribution in [3.05, 3.63) is 44.8 Å². The molecule has 0 aliphatic carbocycles. The summed E-state index contributed by atoms with van der Waals surface area (Å²) in [4.78, 5) is 4.22. The average Bonchev–Trinajstić information content (AvgIpc) is 2.82. The fourth-order valence-corrected chi connectivity index (χ4v) is 2.49. The van der Waals surface area contributed by atoms with Gasteiger partial charge in [0.1, 0.15) is 5.75 Å². The number of aromatic nitrogens is 1. The SMILES string of the molecule is Oc1ccc(CNCCc2cscn2)cc1Br. The van der Waals surface area contributed by atoms with Crippen LogP contribution < -0.4 is 5.32 Å². The Balaban J connectivity index is 1.76. The van der Waals surface area contributed by atoms with Crippen molar-refractivity contribution >= 4 is 27.3 Å². The van der Waals surface area contributed by atoms with E-state index in [9.17, 15) is 5.11 Å². The van der Waals surface area contributed by atoms with Gasteiger partial charge in [-0.2, -0.15) is 0 Å². The van der Waals surface area contributed by atoms with E-state index in [-0.39, 0.29) is 5.75 Å². The lowest BCUT2D eigenvalue weighted by Crippen LogP contribution is -2.16.